The number of nitrogens with one attached hydrogen (secondary N) is 2. The summed E-state index contributed by atoms with van der Waals surface area (Å²) in [4.78, 5) is 11.4. The van der Waals surface area contributed by atoms with Gasteiger partial charge in [0.15, 0.2) is 11.6 Å². The molecule has 19 heavy (non-hydrogen) atoms. The molecule has 0 aliphatic carbocycles. The second-order valence-corrected chi connectivity index (χ2v) is 4.56. The fourth-order valence-electron chi connectivity index (χ4n) is 1.38. The van der Waals surface area contributed by atoms with Crippen LogP contribution in [0, 0.1) is 11.6 Å². The van der Waals surface area contributed by atoms with Crippen molar-refractivity contribution in [1.29, 1.82) is 0 Å². The van der Waals surface area contributed by atoms with E-state index in [1.165, 1.54) is 6.07 Å². The van der Waals surface area contributed by atoms with Crippen molar-refractivity contribution in [3.05, 3.63) is 29.8 Å². The summed E-state index contributed by atoms with van der Waals surface area (Å²) in [5, 5.41) is 5.30. The van der Waals surface area contributed by atoms with Gasteiger partial charge in [-0.3, -0.25) is 0 Å². The van der Waals surface area contributed by atoms with Crippen LogP contribution in [0.5, 0.6) is 5.75 Å². The molecule has 0 aliphatic heterocycles. The molecule has 0 bridgehead atoms. The summed E-state index contributed by atoms with van der Waals surface area (Å²) in [6.07, 6.45) is 0. The van der Waals surface area contributed by atoms with Crippen molar-refractivity contribution in [3.8, 4) is 5.75 Å². The fourth-order valence-corrected chi connectivity index (χ4v) is 1.38. The lowest BCUT2D eigenvalue weighted by molar-refractivity contribution is 0.222. The highest BCUT2D eigenvalue weighted by molar-refractivity contribution is 5.74. The van der Waals surface area contributed by atoms with Crippen LogP contribution in [-0.2, 0) is 0 Å². The molecule has 0 aromatic heterocycles. The lowest BCUT2D eigenvalue weighted by Gasteiger charge is -2.17. The summed E-state index contributed by atoms with van der Waals surface area (Å²) in [6, 6.07) is 2.49. The van der Waals surface area contributed by atoms with Crippen molar-refractivity contribution in [2.45, 2.75) is 32.9 Å². The fraction of sp³-hybridized carbons (Fsp3) is 0.462. The van der Waals surface area contributed by atoms with Crippen LogP contribution in [0.3, 0.4) is 0 Å². The summed E-state index contributed by atoms with van der Waals surface area (Å²) < 4.78 is 31.1. The molecule has 1 aromatic rings. The number of ether oxygens (including phenoxy) is 1. The zero-order chi connectivity index (χ0) is 14.4. The molecular formula is C13H18F2N2O2. The Morgan fingerprint density at radius 1 is 1.26 bits per heavy atom. The number of rotatable bonds is 5. The first-order chi connectivity index (χ1) is 8.88. The maximum absolute atomic E-state index is 13.3. The molecule has 106 valence electrons. The Kier molecular flexibility index (Phi) is 5.54. The van der Waals surface area contributed by atoms with Crippen molar-refractivity contribution in [3.63, 3.8) is 0 Å². The van der Waals surface area contributed by atoms with E-state index in [0.29, 0.717) is 0 Å². The molecule has 0 saturated carbocycles. The highest BCUT2D eigenvalue weighted by Gasteiger charge is 2.10. The lowest BCUT2D eigenvalue weighted by atomic mass is 10.3. The highest BCUT2D eigenvalue weighted by atomic mass is 19.1. The minimum atomic E-state index is -0.765. The maximum atomic E-state index is 13.3. The van der Waals surface area contributed by atoms with E-state index in [-0.39, 0.29) is 30.5 Å². The monoisotopic (exact) mass is 272 g/mol. The van der Waals surface area contributed by atoms with Crippen LogP contribution >= 0.6 is 0 Å². The predicted molar refractivity (Wildman–Crippen MR) is 68.1 cm³/mol. The average molecular weight is 272 g/mol. The van der Waals surface area contributed by atoms with Gasteiger partial charge in [-0.2, -0.15) is 0 Å². The van der Waals surface area contributed by atoms with E-state index in [1.807, 2.05) is 13.8 Å². The number of benzene rings is 1. The summed E-state index contributed by atoms with van der Waals surface area (Å²) in [5.74, 6) is -1.47. The quantitative estimate of drug-likeness (QED) is 0.865. The first-order valence-corrected chi connectivity index (χ1v) is 6.03. The number of halogens is 2. The highest BCUT2D eigenvalue weighted by Crippen LogP contribution is 2.17. The Morgan fingerprint density at radius 3 is 2.53 bits per heavy atom. The molecule has 0 aliphatic rings. The van der Waals surface area contributed by atoms with Crippen LogP contribution in [-0.4, -0.2) is 24.7 Å². The summed E-state index contributed by atoms with van der Waals surface area (Å²) in [5.41, 5.74) is 0. The normalized spacial score (nSPS) is 12.1. The topological polar surface area (TPSA) is 50.4 Å². The maximum Gasteiger partial charge on any atom is 0.315 e. The van der Waals surface area contributed by atoms with Gasteiger partial charge in [0.05, 0.1) is 6.04 Å². The van der Waals surface area contributed by atoms with E-state index in [2.05, 4.69) is 10.6 Å². The largest absolute Gasteiger partial charge is 0.488 e. The van der Waals surface area contributed by atoms with Gasteiger partial charge in [0, 0.05) is 12.1 Å². The molecule has 1 atom stereocenters. The number of carbonyl (C=O) groups excluding carboxylic acids is 1. The summed E-state index contributed by atoms with van der Waals surface area (Å²) >= 11 is 0. The third-order valence-corrected chi connectivity index (χ3v) is 2.18. The Balaban J connectivity index is 2.41. The van der Waals surface area contributed by atoms with Gasteiger partial charge in [0.1, 0.15) is 12.4 Å². The van der Waals surface area contributed by atoms with Gasteiger partial charge < -0.3 is 15.4 Å². The van der Waals surface area contributed by atoms with E-state index in [0.717, 1.165) is 12.1 Å². The molecule has 6 heteroatoms. The van der Waals surface area contributed by atoms with Crippen molar-refractivity contribution in [2.24, 2.45) is 0 Å². The first kappa shape index (κ1) is 15.2. The molecule has 0 fully saturated rings. The Bertz CT molecular complexity index is 439. The third-order valence-electron chi connectivity index (χ3n) is 2.18. The molecule has 0 spiro atoms. The van der Waals surface area contributed by atoms with E-state index >= 15 is 0 Å². The molecule has 0 heterocycles. The van der Waals surface area contributed by atoms with Crippen molar-refractivity contribution < 1.29 is 18.3 Å². The van der Waals surface area contributed by atoms with Crippen molar-refractivity contribution in [1.82, 2.24) is 10.6 Å². The number of carbonyl (C=O) groups is 1. The van der Waals surface area contributed by atoms with Gasteiger partial charge in [-0.05, 0) is 32.9 Å². The zero-order valence-corrected chi connectivity index (χ0v) is 11.2. The summed E-state index contributed by atoms with van der Waals surface area (Å²) in [7, 11) is 0. The number of hydrogen-bond acceptors (Lipinski definition) is 2. The molecule has 1 rings (SSSR count). The Labute approximate surface area is 111 Å². The average Bonchev–Trinajstić information content (AvgIpc) is 2.26. The molecule has 2 N–H and O–H groups in total. The van der Waals surface area contributed by atoms with Gasteiger partial charge >= 0.3 is 6.03 Å². The van der Waals surface area contributed by atoms with E-state index in [4.69, 9.17) is 4.74 Å². The van der Waals surface area contributed by atoms with Crippen LogP contribution in [0.1, 0.15) is 20.8 Å². The second-order valence-electron chi connectivity index (χ2n) is 4.56. The van der Waals surface area contributed by atoms with Crippen molar-refractivity contribution in [2.75, 3.05) is 6.61 Å². The molecule has 0 saturated heterocycles. The van der Waals surface area contributed by atoms with Gasteiger partial charge in [-0.15, -0.1) is 0 Å². The number of amides is 2. The zero-order valence-electron chi connectivity index (χ0n) is 11.2. The predicted octanol–water partition coefficient (Wildman–Crippen LogP) is 2.44. The molecule has 1 unspecified atom stereocenters. The molecule has 1 aromatic carbocycles. The second kappa shape index (κ2) is 6.92. The van der Waals surface area contributed by atoms with Crippen LogP contribution in [0.4, 0.5) is 13.6 Å². The minimum absolute atomic E-state index is 0.0302. The van der Waals surface area contributed by atoms with E-state index in [1.54, 1.807) is 6.92 Å². The SMILES string of the molecule is CC(C)NC(=O)NC(C)COc1ccc(F)cc1F. The van der Waals surface area contributed by atoms with Crippen molar-refractivity contribution >= 4 is 6.03 Å². The van der Waals surface area contributed by atoms with Crippen LogP contribution in [0.2, 0.25) is 0 Å². The lowest BCUT2D eigenvalue weighted by Crippen LogP contribution is -2.45. The first-order valence-electron chi connectivity index (χ1n) is 6.03. The number of hydrogen-bond donors (Lipinski definition) is 2. The number of urea groups is 1. The summed E-state index contributed by atoms with van der Waals surface area (Å²) in [6.45, 7) is 5.50. The Hall–Kier alpha value is -1.85. The van der Waals surface area contributed by atoms with Gasteiger partial charge in [0.2, 0.25) is 0 Å². The third kappa shape index (κ3) is 5.54. The van der Waals surface area contributed by atoms with Gasteiger partial charge in [0.25, 0.3) is 0 Å². The molecule has 2 amide bonds. The van der Waals surface area contributed by atoms with Gasteiger partial charge in [-0.25, -0.2) is 13.6 Å². The van der Waals surface area contributed by atoms with Crippen LogP contribution < -0.4 is 15.4 Å². The van der Waals surface area contributed by atoms with Crippen LogP contribution in [0.15, 0.2) is 18.2 Å². The molecule has 0 radical (unpaired) electrons. The van der Waals surface area contributed by atoms with Crippen LogP contribution in [0.25, 0.3) is 0 Å². The smallest absolute Gasteiger partial charge is 0.315 e. The minimum Gasteiger partial charge on any atom is -0.488 e. The van der Waals surface area contributed by atoms with Gasteiger partial charge in [-0.1, -0.05) is 0 Å². The molecular weight excluding hydrogens is 254 g/mol. The molecule has 4 nitrogen and oxygen atoms in total. The Morgan fingerprint density at radius 2 is 1.95 bits per heavy atom. The van der Waals surface area contributed by atoms with E-state index < -0.39 is 11.6 Å². The van der Waals surface area contributed by atoms with E-state index in [9.17, 15) is 13.6 Å². The standard InChI is InChI=1S/C13H18F2N2O2/c1-8(2)16-13(18)17-9(3)7-19-12-5-4-10(14)6-11(12)15/h4-6,8-9H,7H2,1-3H3,(H2,16,17,18).